The van der Waals surface area contributed by atoms with E-state index in [0.29, 0.717) is 25.3 Å². The monoisotopic (exact) mass is 561 g/mol. The zero-order valence-electron chi connectivity index (χ0n) is 23.5. The molecule has 2 aliphatic heterocycles. The number of fused-ring (bicyclic) bond motifs is 1. The summed E-state index contributed by atoms with van der Waals surface area (Å²) in [5, 5.41) is 4.58. The molecule has 8 nitrogen and oxygen atoms in total. The highest BCUT2D eigenvalue weighted by molar-refractivity contribution is 5.95. The van der Waals surface area contributed by atoms with Crippen LogP contribution in [0.4, 0.5) is 13.2 Å². The number of pyridine rings is 1. The summed E-state index contributed by atoms with van der Waals surface area (Å²) in [5.74, 6) is -0.401. The highest BCUT2D eigenvalue weighted by Gasteiger charge is 2.33. The molecule has 11 heteroatoms. The Bertz CT molecular complexity index is 1330. The predicted octanol–water partition coefficient (Wildman–Crippen LogP) is 5.61. The number of rotatable bonds is 8. The van der Waals surface area contributed by atoms with Gasteiger partial charge in [0.2, 0.25) is 6.30 Å². The molecule has 0 saturated carbocycles. The number of aromatic nitrogens is 3. The molecule has 2 fully saturated rings. The molecule has 2 aliphatic rings. The van der Waals surface area contributed by atoms with Crippen molar-refractivity contribution in [2.45, 2.75) is 78.1 Å². The van der Waals surface area contributed by atoms with E-state index in [1.165, 1.54) is 4.90 Å². The fourth-order valence-corrected chi connectivity index (χ4v) is 5.96. The van der Waals surface area contributed by atoms with Gasteiger partial charge >= 0.3 is 5.97 Å². The lowest BCUT2D eigenvalue weighted by Gasteiger charge is -2.39. The van der Waals surface area contributed by atoms with Gasteiger partial charge in [-0.2, -0.15) is 5.10 Å². The van der Waals surface area contributed by atoms with Gasteiger partial charge in [-0.05, 0) is 70.7 Å². The molecule has 5 heterocycles. The second kappa shape index (κ2) is 11.9. The lowest BCUT2D eigenvalue weighted by Crippen LogP contribution is -2.51. The maximum absolute atomic E-state index is 14.0. The van der Waals surface area contributed by atoms with Crippen molar-refractivity contribution >= 4 is 11.5 Å². The molecule has 3 aromatic rings. The molecule has 2 saturated heterocycles. The summed E-state index contributed by atoms with van der Waals surface area (Å²) in [6, 6.07) is 5.68. The smallest absolute Gasteiger partial charge is 0.338 e. The van der Waals surface area contributed by atoms with Crippen LogP contribution in [0, 0.1) is 6.92 Å². The van der Waals surface area contributed by atoms with Gasteiger partial charge in [-0.1, -0.05) is 0 Å². The zero-order chi connectivity index (χ0) is 28.6. The highest BCUT2D eigenvalue weighted by atomic mass is 19.3. The van der Waals surface area contributed by atoms with E-state index in [-0.39, 0.29) is 31.5 Å². The first-order valence-corrected chi connectivity index (χ1v) is 14.1. The zero-order valence-corrected chi connectivity index (χ0v) is 23.5. The van der Waals surface area contributed by atoms with Crippen molar-refractivity contribution in [3.63, 3.8) is 0 Å². The minimum atomic E-state index is -3.03. The Labute approximate surface area is 232 Å². The maximum atomic E-state index is 14.0. The molecule has 0 amide bonds. The third-order valence-corrected chi connectivity index (χ3v) is 8.04. The molecule has 0 N–H and O–H groups in total. The average molecular weight is 562 g/mol. The number of hydrogen-bond donors (Lipinski definition) is 0. The molecular weight excluding hydrogens is 523 g/mol. The molecule has 5 rings (SSSR count). The molecule has 0 aromatic carbocycles. The summed E-state index contributed by atoms with van der Waals surface area (Å²) in [6.45, 7) is 9.53. The number of esters is 1. The SMILES string of the molecule is Cc1c(C(=O)OC(C)C)cc2c(-c3ccnn3C3CCCCO3)ccn2c1C(C)N1CCN(C(F)C(F)F)CC1. The van der Waals surface area contributed by atoms with Gasteiger partial charge in [0.1, 0.15) is 0 Å². The summed E-state index contributed by atoms with van der Waals surface area (Å²) >= 11 is 0. The normalized spacial score (nSPS) is 20.9. The maximum Gasteiger partial charge on any atom is 0.338 e. The molecule has 3 unspecified atom stereocenters. The number of alkyl halides is 3. The molecular formula is C29H38F3N5O3. The van der Waals surface area contributed by atoms with Crippen molar-refractivity contribution < 1.29 is 27.4 Å². The van der Waals surface area contributed by atoms with Crippen molar-refractivity contribution in [1.82, 2.24) is 24.0 Å². The van der Waals surface area contributed by atoms with Crippen LogP contribution in [-0.4, -0.2) is 81.6 Å². The van der Waals surface area contributed by atoms with Gasteiger partial charge < -0.3 is 13.9 Å². The van der Waals surface area contributed by atoms with E-state index < -0.39 is 18.7 Å². The number of carbonyl (C=O) groups excluding carboxylic acids is 1. The summed E-state index contributed by atoms with van der Waals surface area (Å²) in [5.41, 5.74) is 4.81. The number of hydrogen-bond acceptors (Lipinski definition) is 6. The van der Waals surface area contributed by atoms with E-state index in [1.54, 1.807) is 6.20 Å². The van der Waals surface area contributed by atoms with Crippen LogP contribution in [0.3, 0.4) is 0 Å². The molecule has 218 valence electrons. The number of ether oxygens (including phenoxy) is 2. The van der Waals surface area contributed by atoms with Crippen LogP contribution in [-0.2, 0) is 9.47 Å². The Balaban J connectivity index is 1.55. The lowest BCUT2D eigenvalue weighted by molar-refractivity contribution is -0.0688. The van der Waals surface area contributed by atoms with Gasteiger partial charge in [-0.25, -0.2) is 22.6 Å². The standard InChI is InChI=1S/C29H38F3N5O3/c1-18(2)40-29(38)22-17-24-21(23-8-10-33-37(23)25-7-5-6-16-39-25)9-11-36(24)26(19(22)3)20(4)34-12-14-35(15-13-34)28(32)27(30)31/h8-11,17-18,20,25,27-28H,5-7,12-16H2,1-4H3. The van der Waals surface area contributed by atoms with Crippen LogP contribution in [0.25, 0.3) is 16.8 Å². The van der Waals surface area contributed by atoms with Gasteiger partial charge in [0.15, 0.2) is 6.23 Å². The second-order valence-corrected chi connectivity index (χ2v) is 10.9. The minimum Gasteiger partial charge on any atom is -0.459 e. The third kappa shape index (κ3) is 5.51. The molecule has 0 bridgehead atoms. The molecule has 40 heavy (non-hydrogen) atoms. The number of piperazine rings is 1. The van der Waals surface area contributed by atoms with E-state index in [2.05, 4.69) is 14.4 Å². The number of nitrogens with zero attached hydrogens (tertiary/aromatic N) is 5. The fraction of sp³-hybridized carbons (Fsp3) is 0.586. The summed E-state index contributed by atoms with van der Waals surface area (Å²) < 4.78 is 55.5. The van der Waals surface area contributed by atoms with Crippen LogP contribution in [0.5, 0.6) is 0 Å². The third-order valence-electron chi connectivity index (χ3n) is 8.04. The van der Waals surface area contributed by atoms with Gasteiger partial charge in [-0.15, -0.1) is 0 Å². The molecule has 0 aliphatic carbocycles. The molecule has 0 spiro atoms. The van der Waals surface area contributed by atoms with Crippen molar-refractivity contribution in [3.8, 4) is 11.3 Å². The van der Waals surface area contributed by atoms with E-state index in [0.717, 1.165) is 47.3 Å². The van der Waals surface area contributed by atoms with Crippen LogP contribution < -0.4 is 0 Å². The summed E-state index contributed by atoms with van der Waals surface area (Å²) in [4.78, 5) is 16.6. The Morgan fingerprint density at radius 3 is 2.45 bits per heavy atom. The van der Waals surface area contributed by atoms with Gasteiger partial charge in [0.25, 0.3) is 6.43 Å². The Morgan fingerprint density at radius 1 is 1.07 bits per heavy atom. The molecule has 3 aromatic heterocycles. The Kier molecular flexibility index (Phi) is 8.53. The molecule has 0 radical (unpaired) electrons. The van der Waals surface area contributed by atoms with Crippen molar-refractivity contribution in [2.24, 2.45) is 0 Å². The van der Waals surface area contributed by atoms with E-state index in [9.17, 15) is 18.0 Å². The Hall–Kier alpha value is -2.89. The summed E-state index contributed by atoms with van der Waals surface area (Å²) in [6.07, 6.45) is 1.02. The van der Waals surface area contributed by atoms with E-state index in [1.807, 2.05) is 56.8 Å². The largest absolute Gasteiger partial charge is 0.459 e. The minimum absolute atomic E-state index is 0.146. The van der Waals surface area contributed by atoms with Crippen LogP contribution in [0.15, 0.2) is 30.6 Å². The van der Waals surface area contributed by atoms with Crippen LogP contribution in [0.2, 0.25) is 0 Å². The topological polar surface area (TPSA) is 64.2 Å². The Morgan fingerprint density at radius 2 is 1.80 bits per heavy atom. The first-order valence-electron chi connectivity index (χ1n) is 14.1. The van der Waals surface area contributed by atoms with Gasteiger partial charge in [0, 0.05) is 62.5 Å². The second-order valence-electron chi connectivity index (χ2n) is 10.9. The average Bonchev–Trinajstić information content (AvgIpc) is 3.59. The van der Waals surface area contributed by atoms with Crippen molar-refractivity contribution in [3.05, 3.63) is 47.4 Å². The molecule has 3 atom stereocenters. The lowest BCUT2D eigenvalue weighted by atomic mass is 10.00. The fourth-order valence-electron chi connectivity index (χ4n) is 5.96. The number of halogens is 3. The van der Waals surface area contributed by atoms with E-state index >= 15 is 0 Å². The van der Waals surface area contributed by atoms with Gasteiger partial charge in [0.05, 0.1) is 22.9 Å². The quantitative estimate of drug-likeness (QED) is 0.263. The first kappa shape index (κ1) is 28.6. The number of carbonyl (C=O) groups is 1. The van der Waals surface area contributed by atoms with Crippen LogP contribution >= 0.6 is 0 Å². The van der Waals surface area contributed by atoms with Gasteiger partial charge in [-0.3, -0.25) is 9.80 Å². The van der Waals surface area contributed by atoms with Crippen molar-refractivity contribution in [1.29, 1.82) is 0 Å². The van der Waals surface area contributed by atoms with Crippen molar-refractivity contribution in [2.75, 3.05) is 32.8 Å². The van der Waals surface area contributed by atoms with Crippen LogP contribution in [0.1, 0.15) is 73.9 Å². The summed E-state index contributed by atoms with van der Waals surface area (Å²) in [7, 11) is 0. The predicted molar refractivity (Wildman–Crippen MR) is 145 cm³/mol. The highest BCUT2D eigenvalue weighted by Crippen LogP contribution is 2.36. The first-order chi connectivity index (χ1) is 19.2. The van der Waals surface area contributed by atoms with E-state index in [4.69, 9.17) is 9.47 Å².